The number of rotatable bonds is 9. The molecule has 0 saturated heterocycles. The van der Waals surface area contributed by atoms with Crippen molar-refractivity contribution in [2.75, 3.05) is 19.8 Å². The Hall–Kier alpha value is -1.96. The molecule has 0 fully saturated rings. The summed E-state index contributed by atoms with van der Waals surface area (Å²) in [5.74, 6) is 1.62. The van der Waals surface area contributed by atoms with Crippen molar-refractivity contribution in [2.24, 2.45) is 0 Å². The fraction of sp³-hybridized carbons (Fsp3) is 0.600. The van der Waals surface area contributed by atoms with Gasteiger partial charge in [0.2, 0.25) is 16.9 Å². The van der Waals surface area contributed by atoms with Crippen LogP contribution in [0.3, 0.4) is 0 Å². The second-order valence-corrected chi connectivity index (χ2v) is 4.41. The lowest BCUT2D eigenvalue weighted by Gasteiger charge is -2.10. The number of nitrogens with zero attached hydrogens (tertiary/aromatic N) is 2. The molecule has 0 aliphatic heterocycles. The maximum atomic E-state index is 9.19. The topological polar surface area (TPSA) is 55.8 Å². The van der Waals surface area contributed by atoms with Gasteiger partial charge in [0.05, 0.1) is 19.8 Å². The molecule has 0 atom stereocenters. The Balaban J connectivity index is 3.06. The molecule has 20 heavy (non-hydrogen) atoms. The number of ether oxygens (including phenoxy) is 3. The van der Waals surface area contributed by atoms with E-state index in [4.69, 9.17) is 14.2 Å². The molecule has 0 N–H and O–H groups in total. The molecule has 0 spiro atoms. The van der Waals surface area contributed by atoms with E-state index in [0.29, 0.717) is 42.8 Å². The van der Waals surface area contributed by atoms with Crippen LogP contribution in [0.2, 0.25) is 0 Å². The standard InChI is InChI=1S/C15H23N2O3/c1-4-7-18-12-10-13(19-8-5-2)15(17-16)14(11-12)20-9-6-3/h10-11H,4-9H2,1-3H3/q+1. The highest BCUT2D eigenvalue weighted by atomic mass is 16.5. The van der Waals surface area contributed by atoms with Crippen LogP contribution in [0.5, 0.6) is 17.2 Å². The maximum absolute atomic E-state index is 9.19. The van der Waals surface area contributed by atoms with Gasteiger partial charge in [0.25, 0.3) is 0 Å². The van der Waals surface area contributed by atoms with E-state index in [1.54, 1.807) is 12.1 Å². The van der Waals surface area contributed by atoms with Crippen molar-refractivity contribution in [3.63, 3.8) is 0 Å². The Morgan fingerprint density at radius 2 is 1.30 bits per heavy atom. The van der Waals surface area contributed by atoms with Gasteiger partial charge in [0, 0.05) is 12.1 Å². The third-order valence-electron chi connectivity index (χ3n) is 2.51. The monoisotopic (exact) mass is 279 g/mol. The van der Waals surface area contributed by atoms with Gasteiger partial charge in [-0.25, -0.2) is 0 Å². The van der Waals surface area contributed by atoms with Crippen LogP contribution in [-0.4, -0.2) is 19.8 Å². The zero-order valence-corrected chi connectivity index (χ0v) is 12.5. The third kappa shape index (κ3) is 4.61. The summed E-state index contributed by atoms with van der Waals surface area (Å²) < 4.78 is 16.8. The van der Waals surface area contributed by atoms with Gasteiger partial charge < -0.3 is 14.2 Å². The van der Waals surface area contributed by atoms with E-state index in [-0.39, 0.29) is 0 Å². The van der Waals surface area contributed by atoms with Crippen molar-refractivity contribution >= 4 is 5.69 Å². The summed E-state index contributed by atoms with van der Waals surface area (Å²) >= 11 is 0. The first kappa shape index (κ1) is 16.1. The molecule has 1 aromatic rings. The second-order valence-electron chi connectivity index (χ2n) is 4.41. The molecular formula is C15H23N2O3+. The van der Waals surface area contributed by atoms with Gasteiger partial charge in [-0.3, -0.25) is 0 Å². The average molecular weight is 279 g/mol. The Labute approximate surface area is 120 Å². The largest absolute Gasteiger partial charge is 0.493 e. The summed E-state index contributed by atoms with van der Waals surface area (Å²) in [6, 6.07) is 3.47. The zero-order valence-electron chi connectivity index (χ0n) is 12.5. The predicted molar refractivity (Wildman–Crippen MR) is 78.5 cm³/mol. The van der Waals surface area contributed by atoms with Gasteiger partial charge in [-0.1, -0.05) is 20.8 Å². The summed E-state index contributed by atoms with van der Waals surface area (Å²) in [7, 11) is 0. The first-order valence-electron chi connectivity index (χ1n) is 7.18. The van der Waals surface area contributed by atoms with E-state index in [2.05, 4.69) is 4.98 Å². The molecule has 0 aliphatic carbocycles. The Bertz CT molecular complexity index is 426. The molecule has 5 heteroatoms. The molecule has 0 radical (unpaired) electrons. The normalized spacial score (nSPS) is 9.90. The van der Waals surface area contributed by atoms with Crippen molar-refractivity contribution < 1.29 is 14.2 Å². The second kappa shape index (κ2) is 9.03. The molecule has 0 amide bonds. The molecule has 1 rings (SSSR count). The summed E-state index contributed by atoms with van der Waals surface area (Å²) in [5.41, 5.74) is 0.316. The molecular weight excluding hydrogens is 256 g/mol. The molecule has 5 nitrogen and oxygen atoms in total. The van der Waals surface area contributed by atoms with E-state index in [0.717, 1.165) is 19.3 Å². The lowest BCUT2D eigenvalue weighted by atomic mass is 10.2. The smallest absolute Gasteiger partial charge is 0.467 e. The highest BCUT2D eigenvalue weighted by Gasteiger charge is 2.25. The van der Waals surface area contributed by atoms with Gasteiger partial charge in [-0.2, -0.15) is 0 Å². The summed E-state index contributed by atoms with van der Waals surface area (Å²) in [6.45, 7) is 7.79. The van der Waals surface area contributed by atoms with Crippen molar-refractivity contribution in [2.45, 2.75) is 40.0 Å². The number of diazo groups is 1. The lowest BCUT2D eigenvalue weighted by Crippen LogP contribution is -2.01. The van der Waals surface area contributed by atoms with Gasteiger partial charge >= 0.3 is 5.69 Å². The van der Waals surface area contributed by atoms with Crippen molar-refractivity contribution in [1.82, 2.24) is 0 Å². The third-order valence-corrected chi connectivity index (χ3v) is 2.51. The van der Waals surface area contributed by atoms with Crippen LogP contribution < -0.4 is 14.2 Å². The molecule has 0 aliphatic rings. The number of hydrogen-bond donors (Lipinski definition) is 0. The summed E-state index contributed by atoms with van der Waals surface area (Å²) in [5, 5.41) is 9.19. The van der Waals surface area contributed by atoms with Crippen LogP contribution >= 0.6 is 0 Å². The molecule has 0 saturated carbocycles. The molecule has 1 aromatic carbocycles. The number of benzene rings is 1. The molecule has 0 aromatic heterocycles. The van der Waals surface area contributed by atoms with E-state index >= 15 is 0 Å². The average Bonchev–Trinajstić information content (AvgIpc) is 2.48. The van der Waals surface area contributed by atoms with Gasteiger partial charge in [0.1, 0.15) is 5.75 Å². The minimum Gasteiger partial charge on any atom is -0.493 e. The van der Waals surface area contributed by atoms with Crippen molar-refractivity contribution in [3.05, 3.63) is 17.1 Å². The highest BCUT2D eigenvalue weighted by Crippen LogP contribution is 2.41. The van der Waals surface area contributed by atoms with Crippen molar-refractivity contribution in [1.29, 1.82) is 5.39 Å². The van der Waals surface area contributed by atoms with Gasteiger partial charge in [-0.15, -0.1) is 0 Å². The maximum Gasteiger partial charge on any atom is 0.467 e. The van der Waals surface area contributed by atoms with Crippen LogP contribution in [0.4, 0.5) is 5.69 Å². The quantitative estimate of drug-likeness (QED) is 0.623. The van der Waals surface area contributed by atoms with E-state index < -0.39 is 0 Å². The first-order valence-corrected chi connectivity index (χ1v) is 7.18. The lowest BCUT2D eigenvalue weighted by molar-refractivity contribution is 0.289. The fourth-order valence-electron chi connectivity index (χ4n) is 1.60. The molecule has 0 heterocycles. The van der Waals surface area contributed by atoms with E-state index in [1.165, 1.54) is 0 Å². The first-order chi connectivity index (χ1) is 9.76. The summed E-state index contributed by atoms with van der Waals surface area (Å²) in [4.78, 5) is 3.29. The van der Waals surface area contributed by atoms with Gasteiger partial charge in [0.15, 0.2) is 4.98 Å². The zero-order chi connectivity index (χ0) is 14.8. The molecule has 0 bridgehead atoms. The minimum absolute atomic E-state index is 0.316. The Morgan fingerprint density at radius 3 is 1.70 bits per heavy atom. The van der Waals surface area contributed by atoms with Crippen LogP contribution in [0.1, 0.15) is 40.0 Å². The Morgan fingerprint density at radius 1 is 0.850 bits per heavy atom. The van der Waals surface area contributed by atoms with Gasteiger partial charge in [-0.05, 0) is 19.3 Å². The predicted octanol–water partition coefficient (Wildman–Crippen LogP) is 4.54. The van der Waals surface area contributed by atoms with E-state index in [9.17, 15) is 5.39 Å². The minimum atomic E-state index is 0.316. The van der Waals surface area contributed by atoms with Crippen LogP contribution in [0, 0.1) is 5.39 Å². The highest BCUT2D eigenvalue weighted by molar-refractivity contribution is 5.69. The van der Waals surface area contributed by atoms with Crippen LogP contribution in [0.15, 0.2) is 12.1 Å². The fourth-order valence-corrected chi connectivity index (χ4v) is 1.60. The van der Waals surface area contributed by atoms with Crippen LogP contribution in [-0.2, 0) is 0 Å². The Kier molecular flexibility index (Phi) is 7.26. The van der Waals surface area contributed by atoms with Crippen LogP contribution in [0.25, 0.3) is 4.98 Å². The SMILES string of the molecule is CCCOc1cc(OCCC)c([N+]#N)c(OCCC)c1. The number of hydrogen-bond acceptors (Lipinski definition) is 4. The van der Waals surface area contributed by atoms with E-state index in [1.807, 2.05) is 20.8 Å². The van der Waals surface area contributed by atoms with Crippen molar-refractivity contribution in [3.8, 4) is 17.2 Å². The molecule has 0 unspecified atom stereocenters. The molecule has 110 valence electrons. The summed E-state index contributed by atoms with van der Waals surface area (Å²) in [6.07, 6.45) is 2.66.